The van der Waals surface area contributed by atoms with E-state index in [1.807, 2.05) is 25.1 Å². The number of nitrogens with two attached hydrogens (primary N) is 1. The molecule has 1 aliphatic carbocycles. The Morgan fingerprint density at radius 1 is 1.56 bits per heavy atom. The largest absolute Gasteiger partial charge is 0.348 e. The number of nitrogens with zero attached hydrogens (tertiary/aromatic N) is 1. The number of carbonyl (C=O) groups excluding carboxylic acids is 1. The fourth-order valence-electron chi connectivity index (χ4n) is 2.69. The zero-order valence-electron chi connectivity index (χ0n) is 10.8. The summed E-state index contributed by atoms with van der Waals surface area (Å²) in [4.78, 5) is 16.5. The Balaban J connectivity index is 1.95. The van der Waals surface area contributed by atoms with Gasteiger partial charge in [0.05, 0.1) is 11.7 Å². The quantitative estimate of drug-likeness (QED) is 0.849. The summed E-state index contributed by atoms with van der Waals surface area (Å²) in [6.45, 7) is 2.57. The van der Waals surface area contributed by atoms with Crippen LogP contribution in [0, 0.1) is 11.8 Å². The third-order valence-corrected chi connectivity index (χ3v) is 3.79. The van der Waals surface area contributed by atoms with Crippen LogP contribution < -0.4 is 11.1 Å². The van der Waals surface area contributed by atoms with Crippen molar-refractivity contribution in [3.8, 4) is 0 Å². The second-order valence-electron chi connectivity index (χ2n) is 5.02. The number of carbonyl (C=O) groups is 1. The van der Waals surface area contributed by atoms with Gasteiger partial charge in [-0.2, -0.15) is 0 Å². The second kappa shape index (κ2) is 5.96. The van der Waals surface area contributed by atoms with Crippen molar-refractivity contribution in [2.24, 2.45) is 17.6 Å². The average Bonchev–Trinajstić information content (AvgIpc) is 2.88. The molecule has 0 aromatic carbocycles. The molecule has 1 saturated carbocycles. The van der Waals surface area contributed by atoms with Gasteiger partial charge in [-0.1, -0.05) is 12.5 Å². The van der Waals surface area contributed by atoms with Gasteiger partial charge in [0.2, 0.25) is 5.91 Å². The van der Waals surface area contributed by atoms with Crippen LogP contribution in [0.2, 0.25) is 0 Å². The minimum absolute atomic E-state index is 0.0438. The Bertz CT molecular complexity index is 393. The number of pyridine rings is 1. The van der Waals surface area contributed by atoms with E-state index in [9.17, 15) is 4.79 Å². The van der Waals surface area contributed by atoms with Crippen molar-refractivity contribution in [2.45, 2.75) is 32.2 Å². The standard InChI is InChI=1S/C14H21N3O/c1-10(13-7-2-3-8-16-13)17-14(18)12-6-4-5-11(12)9-15/h2-3,7-8,10-12H,4-6,9,15H2,1H3,(H,17,18)/t10?,11-,12-/m1/s1. The smallest absolute Gasteiger partial charge is 0.223 e. The number of amides is 1. The highest BCUT2D eigenvalue weighted by molar-refractivity contribution is 5.79. The fourth-order valence-corrected chi connectivity index (χ4v) is 2.69. The van der Waals surface area contributed by atoms with Gasteiger partial charge in [-0.25, -0.2) is 0 Å². The first-order chi connectivity index (χ1) is 8.72. The molecule has 3 N–H and O–H groups in total. The van der Waals surface area contributed by atoms with E-state index in [0.29, 0.717) is 12.5 Å². The third kappa shape index (κ3) is 2.88. The summed E-state index contributed by atoms with van der Waals surface area (Å²) in [6.07, 6.45) is 4.89. The SMILES string of the molecule is CC(NC(=O)[C@@H]1CCC[C@@H]1CN)c1ccccn1. The first kappa shape index (κ1) is 13.0. The Morgan fingerprint density at radius 3 is 3.06 bits per heavy atom. The molecule has 4 heteroatoms. The van der Waals surface area contributed by atoms with Crippen LogP contribution in [0.4, 0.5) is 0 Å². The second-order valence-corrected chi connectivity index (χ2v) is 5.02. The molecular weight excluding hydrogens is 226 g/mol. The van der Waals surface area contributed by atoms with Gasteiger partial charge in [0.25, 0.3) is 0 Å². The van der Waals surface area contributed by atoms with E-state index in [1.54, 1.807) is 6.20 Å². The maximum atomic E-state index is 12.2. The highest BCUT2D eigenvalue weighted by Crippen LogP contribution is 2.31. The van der Waals surface area contributed by atoms with Crippen LogP contribution in [0.25, 0.3) is 0 Å². The lowest BCUT2D eigenvalue weighted by Gasteiger charge is -2.20. The van der Waals surface area contributed by atoms with Gasteiger partial charge in [-0.05, 0) is 44.4 Å². The third-order valence-electron chi connectivity index (χ3n) is 3.79. The topological polar surface area (TPSA) is 68.0 Å². The molecule has 1 aromatic rings. The molecule has 98 valence electrons. The molecule has 1 aromatic heterocycles. The maximum absolute atomic E-state index is 12.2. The molecule has 4 nitrogen and oxygen atoms in total. The van der Waals surface area contributed by atoms with Gasteiger partial charge in [0.15, 0.2) is 0 Å². The molecule has 18 heavy (non-hydrogen) atoms. The van der Waals surface area contributed by atoms with Crippen molar-refractivity contribution in [2.75, 3.05) is 6.54 Å². The predicted molar refractivity (Wildman–Crippen MR) is 70.7 cm³/mol. The van der Waals surface area contributed by atoms with E-state index in [2.05, 4.69) is 10.3 Å². The van der Waals surface area contributed by atoms with Crippen molar-refractivity contribution in [1.29, 1.82) is 0 Å². The average molecular weight is 247 g/mol. The lowest BCUT2D eigenvalue weighted by molar-refractivity contribution is -0.126. The molecule has 0 bridgehead atoms. The summed E-state index contributed by atoms with van der Waals surface area (Å²) < 4.78 is 0. The van der Waals surface area contributed by atoms with Crippen molar-refractivity contribution in [3.05, 3.63) is 30.1 Å². The normalized spacial score (nSPS) is 24.8. The van der Waals surface area contributed by atoms with Crippen LogP contribution in [0.3, 0.4) is 0 Å². The highest BCUT2D eigenvalue weighted by atomic mass is 16.2. The molecular formula is C14H21N3O. The number of hydrogen-bond acceptors (Lipinski definition) is 3. The van der Waals surface area contributed by atoms with Crippen LogP contribution in [-0.2, 0) is 4.79 Å². The number of nitrogens with one attached hydrogen (secondary N) is 1. The van der Waals surface area contributed by atoms with E-state index in [0.717, 1.165) is 25.0 Å². The first-order valence-electron chi connectivity index (χ1n) is 6.63. The van der Waals surface area contributed by atoms with Crippen molar-refractivity contribution in [1.82, 2.24) is 10.3 Å². The summed E-state index contributed by atoms with van der Waals surface area (Å²) in [5.74, 6) is 0.559. The van der Waals surface area contributed by atoms with Gasteiger partial charge in [-0.15, -0.1) is 0 Å². The summed E-state index contributed by atoms with van der Waals surface area (Å²) in [5.41, 5.74) is 6.61. The molecule has 1 aliphatic rings. The number of hydrogen-bond donors (Lipinski definition) is 2. The lowest BCUT2D eigenvalue weighted by Crippen LogP contribution is -2.36. The van der Waals surface area contributed by atoms with Crippen LogP contribution in [0.5, 0.6) is 0 Å². The highest BCUT2D eigenvalue weighted by Gasteiger charge is 2.32. The molecule has 2 rings (SSSR count). The molecule has 0 saturated heterocycles. The van der Waals surface area contributed by atoms with Crippen molar-refractivity contribution >= 4 is 5.91 Å². The van der Waals surface area contributed by atoms with Gasteiger partial charge in [0, 0.05) is 12.1 Å². The van der Waals surface area contributed by atoms with Crippen LogP contribution >= 0.6 is 0 Å². The van der Waals surface area contributed by atoms with Gasteiger partial charge < -0.3 is 11.1 Å². The Morgan fingerprint density at radius 2 is 2.39 bits per heavy atom. The minimum Gasteiger partial charge on any atom is -0.348 e. The number of rotatable bonds is 4. The van der Waals surface area contributed by atoms with Gasteiger partial charge in [0.1, 0.15) is 0 Å². The first-order valence-corrected chi connectivity index (χ1v) is 6.63. The molecule has 1 heterocycles. The van der Waals surface area contributed by atoms with Gasteiger partial charge >= 0.3 is 0 Å². The van der Waals surface area contributed by atoms with E-state index in [1.165, 1.54) is 0 Å². The van der Waals surface area contributed by atoms with E-state index in [-0.39, 0.29) is 17.9 Å². The summed E-state index contributed by atoms with van der Waals surface area (Å²) in [5, 5.41) is 3.05. The van der Waals surface area contributed by atoms with Crippen molar-refractivity contribution in [3.63, 3.8) is 0 Å². The van der Waals surface area contributed by atoms with Crippen LogP contribution in [0.15, 0.2) is 24.4 Å². The maximum Gasteiger partial charge on any atom is 0.223 e. The predicted octanol–water partition coefficient (Wildman–Crippen LogP) is 1.63. The molecule has 0 radical (unpaired) electrons. The summed E-state index contributed by atoms with van der Waals surface area (Å²) >= 11 is 0. The molecule has 3 atom stereocenters. The Kier molecular flexibility index (Phi) is 4.31. The summed E-state index contributed by atoms with van der Waals surface area (Å²) in [7, 11) is 0. The van der Waals surface area contributed by atoms with Crippen molar-refractivity contribution < 1.29 is 4.79 Å². The van der Waals surface area contributed by atoms with Crippen LogP contribution in [0.1, 0.15) is 37.9 Å². The lowest BCUT2D eigenvalue weighted by atomic mass is 9.95. The van der Waals surface area contributed by atoms with E-state index < -0.39 is 0 Å². The molecule has 1 amide bonds. The summed E-state index contributed by atoms with van der Waals surface area (Å²) in [6, 6.07) is 5.70. The zero-order valence-corrected chi connectivity index (χ0v) is 10.8. The number of aromatic nitrogens is 1. The monoisotopic (exact) mass is 247 g/mol. The van der Waals surface area contributed by atoms with Crippen LogP contribution in [-0.4, -0.2) is 17.4 Å². The molecule has 1 unspecified atom stereocenters. The van der Waals surface area contributed by atoms with E-state index >= 15 is 0 Å². The zero-order chi connectivity index (χ0) is 13.0. The molecule has 0 aliphatic heterocycles. The minimum atomic E-state index is -0.0438. The Hall–Kier alpha value is -1.42. The van der Waals surface area contributed by atoms with E-state index in [4.69, 9.17) is 5.73 Å². The Labute approximate surface area is 108 Å². The van der Waals surface area contributed by atoms with Gasteiger partial charge in [-0.3, -0.25) is 9.78 Å². The molecule has 0 spiro atoms. The molecule has 1 fully saturated rings. The fraction of sp³-hybridized carbons (Fsp3) is 0.571.